The first-order chi connectivity index (χ1) is 8.66. The van der Waals surface area contributed by atoms with E-state index in [9.17, 15) is 9.59 Å². The third kappa shape index (κ3) is 2.67. The predicted molar refractivity (Wildman–Crippen MR) is 64.9 cm³/mol. The first-order valence-corrected chi connectivity index (χ1v) is 5.14. The van der Waals surface area contributed by atoms with E-state index >= 15 is 0 Å². The molecule has 2 amide bonds. The van der Waals surface area contributed by atoms with Gasteiger partial charge in [0.2, 0.25) is 0 Å². The van der Waals surface area contributed by atoms with Crippen LogP contribution in [0.1, 0.15) is 20.8 Å². The van der Waals surface area contributed by atoms with Crippen LogP contribution in [0.4, 0.5) is 5.69 Å². The second-order valence-corrected chi connectivity index (χ2v) is 3.49. The summed E-state index contributed by atoms with van der Waals surface area (Å²) < 4.78 is 0. The maximum Gasteiger partial charge on any atom is 0.267 e. The number of primary amides is 1. The number of hydrogen-bond donors (Lipinski definition) is 2. The molecule has 0 spiro atoms. The summed E-state index contributed by atoms with van der Waals surface area (Å²) in [7, 11) is 0. The van der Waals surface area contributed by atoms with Crippen LogP contribution in [0.2, 0.25) is 0 Å². The highest BCUT2D eigenvalue weighted by atomic mass is 16.2. The molecule has 0 fully saturated rings. The van der Waals surface area contributed by atoms with Gasteiger partial charge in [-0.3, -0.25) is 19.6 Å². The van der Waals surface area contributed by atoms with E-state index in [1.807, 2.05) is 0 Å². The summed E-state index contributed by atoms with van der Waals surface area (Å²) in [5, 5.41) is 2.65. The maximum atomic E-state index is 11.8. The van der Waals surface area contributed by atoms with Crippen LogP contribution in [0, 0.1) is 0 Å². The summed E-state index contributed by atoms with van der Waals surface area (Å²) in [5.74, 6) is -0.958. The van der Waals surface area contributed by atoms with Crippen molar-refractivity contribution in [2.24, 2.45) is 5.73 Å². The van der Waals surface area contributed by atoms with Crippen LogP contribution in [0.15, 0.2) is 42.9 Å². The van der Waals surface area contributed by atoms with Gasteiger partial charge in [0, 0.05) is 12.4 Å². The summed E-state index contributed by atoms with van der Waals surface area (Å²) in [5.41, 5.74) is 6.09. The minimum Gasteiger partial charge on any atom is -0.364 e. The number of nitrogens with two attached hydrogens (primary N) is 1. The average molecular weight is 242 g/mol. The summed E-state index contributed by atoms with van der Waals surface area (Å²) in [6.45, 7) is 0. The van der Waals surface area contributed by atoms with Gasteiger partial charge in [0.25, 0.3) is 11.8 Å². The van der Waals surface area contributed by atoms with Crippen molar-refractivity contribution < 1.29 is 9.59 Å². The Morgan fingerprint density at radius 2 is 2.00 bits per heavy atom. The van der Waals surface area contributed by atoms with Crippen molar-refractivity contribution >= 4 is 17.5 Å². The molecule has 0 aliphatic heterocycles. The molecule has 2 rings (SSSR count). The molecule has 0 atom stereocenters. The molecule has 2 heterocycles. The highest BCUT2D eigenvalue weighted by molar-refractivity contribution is 6.04. The second kappa shape index (κ2) is 5.05. The van der Waals surface area contributed by atoms with Crippen molar-refractivity contribution in [3.8, 4) is 0 Å². The zero-order chi connectivity index (χ0) is 13.0. The van der Waals surface area contributed by atoms with Gasteiger partial charge >= 0.3 is 0 Å². The van der Waals surface area contributed by atoms with Gasteiger partial charge in [-0.05, 0) is 24.3 Å². The molecule has 0 radical (unpaired) electrons. The SMILES string of the molecule is NC(=O)c1ccc(C(=O)Nc2cccnc2)cn1. The van der Waals surface area contributed by atoms with E-state index in [0.29, 0.717) is 11.3 Å². The van der Waals surface area contributed by atoms with E-state index in [0.717, 1.165) is 0 Å². The van der Waals surface area contributed by atoms with E-state index in [-0.39, 0.29) is 11.6 Å². The van der Waals surface area contributed by atoms with Gasteiger partial charge in [0.15, 0.2) is 0 Å². The van der Waals surface area contributed by atoms with Crippen molar-refractivity contribution in [1.29, 1.82) is 0 Å². The third-order valence-corrected chi connectivity index (χ3v) is 2.20. The normalized spacial score (nSPS) is 9.78. The van der Waals surface area contributed by atoms with E-state index in [2.05, 4.69) is 15.3 Å². The third-order valence-electron chi connectivity index (χ3n) is 2.20. The van der Waals surface area contributed by atoms with Crippen LogP contribution in [0.3, 0.4) is 0 Å². The summed E-state index contributed by atoms with van der Waals surface area (Å²) in [6, 6.07) is 6.32. The Balaban J connectivity index is 2.12. The van der Waals surface area contributed by atoms with Crippen molar-refractivity contribution in [1.82, 2.24) is 9.97 Å². The summed E-state index contributed by atoms with van der Waals surface area (Å²) in [6.07, 6.45) is 4.44. The largest absolute Gasteiger partial charge is 0.364 e. The minimum absolute atomic E-state index is 0.118. The van der Waals surface area contributed by atoms with Crippen molar-refractivity contribution in [2.45, 2.75) is 0 Å². The molecule has 0 saturated heterocycles. The number of amides is 2. The molecule has 2 aromatic heterocycles. The van der Waals surface area contributed by atoms with Crippen LogP contribution in [-0.4, -0.2) is 21.8 Å². The molecule has 3 N–H and O–H groups in total. The van der Waals surface area contributed by atoms with E-state index in [1.165, 1.54) is 24.5 Å². The van der Waals surface area contributed by atoms with Gasteiger partial charge in [0.1, 0.15) is 5.69 Å². The van der Waals surface area contributed by atoms with Gasteiger partial charge in [0.05, 0.1) is 17.4 Å². The van der Waals surface area contributed by atoms with E-state index in [4.69, 9.17) is 5.73 Å². The van der Waals surface area contributed by atoms with Gasteiger partial charge in [-0.1, -0.05) is 0 Å². The van der Waals surface area contributed by atoms with E-state index in [1.54, 1.807) is 18.3 Å². The van der Waals surface area contributed by atoms with Gasteiger partial charge in [-0.2, -0.15) is 0 Å². The Morgan fingerprint density at radius 1 is 1.17 bits per heavy atom. The van der Waals surface area contributed by atoms with Crippen LogP contribution >= 0.6 is 0 Å². The average Bonchev–Trinajstić information content (AvgIpc) is 2.40. The predicted octanol–water partition coefficient (Wildman–Crippen LogP) is 0.828. The number of aromatic nitrogens is 2. The molecule has 6 nitrogen and oxygen atoms in total. The fourth-order valence-corrected chi connectivity index (χ4v) is 1.31. The van der Waals surface area contributed by atoms with Crippen LogP contribution in [0.25, 0.3) is 0 Å². The summed E-state index contributed by atoms with van der Waals surface area (Å²) in [4.78, 5) is 30.3. The Kier molecular flexibility index (Phi) is 3.29. The van der Waals surface area contributed by atoms with Crippen molar-refractivity contribution in [3.05, 3.63) is 54.1 Å². The Bertz CT molecular complexity index is 566. The molecule has 6 heteroatoms. The zero-order valence-corrected chi connectivity index (χ0v) is 9.33. The number of carbonyl (C=O) groups is 2. The molecule has 0 bridgehead atoms. The van der Waals surface area contributed by atoms with Gasteiger partial charge in [-0.25, -0.2) is 0 Å². The maximum absolute atomic E-state index is 11.8. The quantitative estimate of drug-likeness (QED) is 0.832. The first-order valence-electron chi connectivity index (χ1n) is 5.14. The highest BCUT2D eigenvalue weighted by Crippen LogP contribution is 2.07. The number of pyridine rings is 2. The van der Waals surface area contributed by atoms with Gasteiger partial charge < -0.3 is 11.1 Å². The number of anilines is 1. The standard InChI is InChI=1S/C12H10N4O2/c13-11(17)10-4-3-8(6-15-10)12(18)16-9-2-1-5-14-7-9/h1-7H,(H2,13,17)(H,16,18). The number of rotatable bonds is 3. The minimum atomic E-state index is -0.630. The monoisotopic (exact) mass is 242 g/mol. The molecule has 2 aromatic rings. The van der Waals surface area contributed by atoms with Gasteiger partial charge in [-0.15, -0.1) is 0 Å². The number of hydrogen-bond acceptors (Lipinski definition) is 4. The number of carbonyl (C=O) groups excluding carboxylic acids is 2. The van der Waals surface area contributed by atoms with Crippen LogP contribution in [0.5, 0.6) is 0 Å². The Morgan fingerprint density at radius 3 is 2.56 bits per heavy atom. The molecule has 0 unspecified atom stereocenters. The lowest BCUT2D eigenvalue weighted by Gasteiger charge is -2.04. The highest BCUT2D eigenvalue weighted by Gasteiger charge is 2.08. The molecular weight excluding hydrogens is 232 g/mol. The van der Waals surface area contributed by atoms with Crippen LogP contribution in [-0.2, 0) is 0 Å². The molecule has 0 aromatic carbocycles. The molecule has 90 valence electrons. The smallest absolute Gasteiger partial charge is 0.267 e. The lowest BCUT2D eigenvalue weighted by molar-refractivity contribution is 0.0990. The molecule has 18 heavy (non-hydrogen) atoms. The van der Waals surface area contributed by atoms with Crippen LogP contribution < -0.4 is 11.1 Å². The van der Waals surface area contributed by atoms with Crippen molar-refractivity contribution in [2.75, 3.05) is 5.32 Å². The fourth-order valence-electron chi connectivity index (χ4n) is 1.31. The number of nitrogens with one attached hydrogen (secondary N) is 1. The summed E-state index contributed by atoms with van der Waals surface area (Å²) >= 11 is 0. The Labute approximate surface area is 103 Å². The molecule has 0 saturated carbocycles. The zero-order valence-electron chi connectivity index (χ0n) is 9.33. The topological polar surface area (TPSA) is 98.0 Å². The lowest BCUT2D eigenvalue weighted by atomic mass is 10.2. The first kappa shape index (κ1) is 11.7. The van der Waals surface area contributed by atoms with E-state index < -0.39 is 5.91 Å². The number of nitrogens with zero attached hydrogens (tertiary/aromatic N) is 2. The molecular formula is C12H10N4O2. The fraction of sp³-hybridized carbons (Fsp3) is 0. The second-order valence-electron chi connectivity index (χ2n) is 3.49. The van der Waals surface area contributed by atoms with Crippen molar-refractivity contribution in [3.63, 3.8) is 0 Å². The molecule has 0 aliphatic carbocycles. The Hall–Kier alpha value is -2.76. The lowest BCUT2D eigenvalue weighted by Crippen LogP contribution is -2.15. The molecule has 0 aliphatic rings.